The van der Waals surface area contributed by atoms with Gasteiger partial charge in [-0.05, 0) is 12.1 Å². The number of aliphatic hydroxyl groups excluding tert-OH is 1. The van der Waals surface area contributed by atoms with E-state index in [1.54, 1.807) is 10.7 Å². The van der Waals surface area contributed by atoms with E-state index in [4.69, 9.17) is 5.11 Å². The van der Waals surface area contributed by atoms with E-state index in [-0.39, 0.29) is 19.1 Å². The maximum atomic E-state index is 11.6. The molecule has 0 fully saturated rings. The van der Waals surface area contributed by atoms with Gasteiger partial charge in [-0.25, -0.2) is 4.52 Å². The first kappa shape index (κ1) is 9.67. The highest BCUT2D eigenvalue weighted by Gasteiger charge is 2.10. The summed E-state index contributed by atoms with van der Waals surface area (Å²) in [5.74, 6) is -0.217. The minimum absolute atomic E-state index is 0.0645. The minimum Gasteiger partial charge on any atom is -0.395 e. The fourth-order valence-corrected chi connectivity index (χ4v) is 1.37. The number of aliphatic hydroxyl groups is 1. The highest BCUT2D eigenvalue weighted by Crippen LogP contribution is 2.09. The number of pyridine rings is 1. The Hall–Kier alpha value is -1.88. The van der Waals surface area contributed by atoms with Gasteiger partial charge in [0.05, 0.1) is 23.9 Å². The van der Waals surface area contributed by atoms with Gasteiger partial charge in [0, 0.05) is 12.7 Å². The van der Waals surface area contributed by atoms with Crippen LogP contribution in [0, 0.1) is 0 Å². The molecule has 0 spiro atoms. The number of nitrogens with zero attached hydrogens (tertiary/aromatic N) is 2. The number of carbonyl (C=O) groups is 1. The summed E-state index contributed by atoms with van der Waals surface area (Å²) in [5.41, 5.74) is 1.27. The smallest absolute Gasteiger partial charge is 0.255 e. The maximum absolute atomic E-state index is 11.6. The van der Waals surface area contributed by atoms with Gasteiger partial charge in [-0.3, -0.25) is 4.79 Å². The van der Waals surface area contributed by atoms with Crippen molar-refractivity contribution < 1.29 is 9.90 Å². The van der Waals surface area contributed by atoms with Gasteiger partial charge in [-0.15, -0.1) is 0 Å². The van der Waals surface area contributed by atoms with Gasteiger partial charge in [0.1, 0.15) is 0 Å². The second-order valence-corrected chi connectivity index (χ2v) is 3.07. The van der Waals surface area contributed by atoms with E-state index in [0.717, 1.165) is 5.52 Å². The van der Waals surface area contributed by atoms with Crippen LogP contribution in [0.2, 0.25) is 0 Å². The van der Waals surface area contributed by atoms with Gasteiger partial charge in [-0.1, -0.05) is 6.07 Å². The first-order chi connectivity index (χ1) is 7.33. The van der Waals surface area contributed by atoms with Crippen LogP contribution in [-0.2, 0) is 0 Å². The van der Waals surface area contributed by atoms with Crippen LogP contribution in [0.5, 0.6) is 0 Å². The first-order valence-electron chi connectivity index (χ1n) is 4.64. The number of amides is 1. The quantitative estimate of drug-likeness (QED) is 0.744. The largest absolute Gasteiger partial charge is 0.395 e. The lowest BCUT2D eigenvalue weighted by Crippen LogP contribution is -2.26. The molecule has 5 heteroatoms. The molecule has 5 nitrogen and oxygen atoms in total. The number of nitrogens with one attached hydrogen (secondary N) is 1. The topological polar surface area (TPSA) is 66.6 Å². The summed E-state index contributed by atoms with van der Waals surface area (Å²) in [7, 11) is 0. The Morgan fingerprint density at radius 3 is 3.20 bits per heavy atom. The van der Waals surface area contributed by atoms with Gasteiger partial charge >= 0.3 is 0 Å². The van der Waals surface area contributed by atoms with E-state index in [2.05, 4.69) is 10.4 Å². The molecule has 78 valence electrons. The Balaban J connectivity index is 2.31. The van der Waals surface area contributed by atoms with Crippen molar-refractivity contribution in [2.45, 2.75) is 0 Å². The number of rotatable bonds is 3. The molecule has 2 aromatic heterocycles. The Kier molecular flexibility index (Phi) is 2.64. The molecule has 1 amide bonds. The highest BCUT2D eigenvalue weighted by molar-refractivity contribution is 6.00. The van der Waals surface area contributed by atoms with Crippen LogP contribution >= 0.6 is 0 Å². The number of carbonyl (C=O) groups excluding carboxylic acids is 1. The Labute approximate surface area is 86.3 Å². The van der Waals surface area contributed by atoms with Crippen LogP contribution in [0.25, 0.3) is 5.52 Å². The van der Waals surface area contributed by atoms with Crippen molar-refractivity contribution in [3.8, 4) is 0 Å². The number of fused-ring (bicyclic) bond motifs is 1. The van der Waals surface area contributed by atoms with Crippen molar-refractivity contribution in [2.24, 2.45) is 0 Å². The fraction of sp³-hybridized carbons (Fsp3) is 0.200. The van der Waals surface area contributed by atoms with Gasteiger partial charge < -0.3 is 10.4 Å². The van der Waals surface area contributed by atoms with Gasteiger partial charge in [0.25, 0.3) is 5.91 Å². The monoisotopic (exact) mass is 205 g/mol. The molecule has 2 aromatic rings. The summed E-state index contributed by atoms with van der Waals surface area (Å²) >= 11 is 0. The third-order valence-corrected chi connectivity index (χ3v) is 2.07. The molecule has 2 rings (SSSR count). The molecule has 0 radical (unpaired) electrons. The summed E-state index contributed by atoms with van der Waals surface area (Å²) in [6.07, 6.45) is 3.29. The SMILES string of the molecule is O=C(NCCO)c1cnn2ccccc12. The standard InChI is InChI=1S/C10H11N3O2/c14-6-4-11-10(15)8-7-12-13-5-2-1-3-9(8)13/h1-3,5,7,14H,4,6H2,(H,11,15). The average Bonchev–Trinajstić information content (AvgIpc) is 2.69. The summed E-state index contributed by atoms with van der Waals surface area (Å²) in [4.78, 5) is 11.6. The summed E-state index contributed by atoms with van der Waals surface area (Å²) < 4.78 is 1.63. The van der Waals surface area contributed by atoms with E-state index < -0.39 is 0 Å². The fourth-order valence-electron chi connectivity index (χ4n) is 1.37. The zero-order valence-corrected chi connectivity index (χ0v) is 8.05. The predicted octanol–water partition coefficient (Wildman–Crippen LogP) is 0.0564. The van der Waals surface area contributed by atoms with Gasteiger partial charge in [0.15, 0.2) is 0 Å². The Bertz CT molecular complexity index is 478. The van der Waals surface area contributed by atoms with Gasteiger partial charge in [-0.2, -0.15) is 5.10 Å². The number of aromatic nitrogens is 2. The minimum atomic E-state index is -0.217. The van der Waals surface area contributed by atoms with E-state index in [1.807, 2.05) is 18.2 Å². The van der Waals surface area contributed by atoms with Crippen molar-refractivity contribution in [1.29, 1.82) is 0 Å². The summed E-state index contributed by atoms with van der Waals surface area (Å²) in [6.45, 7) is 0.188. The van der Waals surface area contributed by atoms with Crippen molar-refractivity contribution in [1.82, 2.24) is 14.9 Å². The first-order valence-corrected chi connectivity index (χ1v) is 4.64. The van der Waals surface area contributed by atoms with E-state index in [9.17, 15) is 4.79 Å². The molecular weight excluding hydrogens is 194 g/mol. The molecule has 0 saturated carbocycles. The molecular formula is C10H11N3O2. The van der Waals surface area contributed by atoms with Crippen LogP contribution in [-0.4, -0.2) is 33.8 Å². The van der Waals surface area contributed by atoms with E-state index >= 15 is 0 Å². The molecule has 0 unspecified atom stereocenters. The normalized spacial score (nSPS) is 10.5. The summed E-state index contributed by atoms with van der Waals surface area (Å²) in [6, 6.07) is 5.51. The van der Waals surface area contributed by atoms with Crippen molar-refractivity contribution >= 4 is 11.4 Å². The lowest BCUT2D eigenvalue weighted by Gasteiger charge is -2.00. The zero-order valence-electron chi connectivity index (χ0n) is 8.05. The number of hydrogen-bond donors (Lipinski definition) is 2. The lowest BCUT2D eigenvalue weighted by molar-refractivity contribution is 0.0946. The Morgan fingerprint density at radius 2 is 2.40 bits per heavy atom. The molecule has 0 bridgehead atoms. The molecule has 0 saturated heterocycles. The molecule has 15 heavy (non-hydrogen) atoms. The number of hydrogen-bond acceptors (Lipinski definition) is 3. The second-order valence-electron chi connectivity index (χ2n) is 3.07. The van der Waals surface area contributed by atoms with E-state index in [1.165, 1.54) is 6.20 Å². The molecule has 2 heterocycles. The molecule has 0 aliphatic heterocycles. The molecule has 0 aromatic carbocycles. The van der Waals surface area contributed by atoms with Crippen molar-refractivity contribution in [3.05, 3.63) is 36.2 Å². The molecule has 0 aliphatic rings. The highest BCUT2D eigenvalue weighted by atomic mass is 16.3. The van der Waals surface area contributed by atoms with Crippen molar-refractivity contribution in [2.75, 3.05) is 13.2 Å². The molecule has 0 atom stereocenters. The van der Waals surface area contributed by atoms with Crippen LogP contribution in [0.15, 0.2) is 30.6 Å². The van der Waals surface area contributed by atoms with E-state index in [0.29, 0.717) is 5.56 Å². The second kappa shape index (κ2) is 4.10. The third kappa shape index (κ3) is 1.82. The third-order valence-electron chi connectivity index (χ3n) is 2.07. The predicted molar refractivity (Wildman–Crippen MR) is 54.6 cm³/mol. The van der Waals surface area contributed by atoms with Crippen LogP contribution in [0.3, 0.4) is 0 Å². The maximum Gasteiger partial charge on any atom is 0.255 e. The van der Waals surface area contributed by atoms with Crippen LogP contribution in [0.4, 0.5) is 0 Å². The Morgan fingerprint density at radius 1 is 1.53 bits per heavy atom. The summed E-state index contributed by atoms with van der Waals surface area (Å²) in [5, 5.41) is 15.2. The van der Waals surface area contributed by atoms with Crippen LogP contribution in [0.1, 0.15) is 10.4 Å². The lowest BCUT2D eigenvalue weighted by atomic mass is 10.2. The van der Waals surface area contributed by atoms with Crippen LogP contribution < -0.4 is 5.32 Å². The zero-order chi connectivity index (χ0) is 10.7. The molecule has 2 N–H and O–H groups in total. The average molecular weight is 205 g/mol. The van der Waals surface area contributed by atoms with Gasteiger partial charge in [0.2, 0.25) is 0 Å². The molecule has 0 aliphatic carbocycles. The van der Waals surface area contributed by atoms with Crippen molar-refractivity contribution in [3.63, 3.8) is 0 Å².